The van der Waals surface area contributed by atoms with E-state index in [0.717, 1.165) is 5.56 Å². The number of aliphatic hydroxyl groups is 1. The summed E-state index contributed by atoms with van der Waals surface area (Å²) in [5.41, 5.74) is 2.43. The molecule has 12 heteroatoms. The van der Waals surface area contributed by atoms with E-state index in [4.69, 9.17) is 9.52 Å². The molecule has 1 amide bonds. The Balaban J connectivity index is 1.35. The van der Waals surface area contributed by atoms with Crippen LogP contribution in [-0.2, 0) is 21.4 Å². The number of hydrogen-bond donors (Lipinski definition) is 3. The molecule has 0 spiro atoms. The van der Waals surface area contributed by atoms with Crippen LogP contribution in [-0.4, -0.2) is 53.2 Å². The highest BCUT2D eigenvalue weighted by molar-refractivity contribution is 7.90. The number of hydrogen-bond acceptors (Lipinski definition) is 8. The fraction of sp³-hybridized carbons (Fsp3) is 0.167. The number of nitrogens with one attached hydrogen (secondary N) is 2. The molecule has 0 fully saturated rings. The molecule has 1 aliphatic rings. The van der Waals surface area contributed by atoms with E-state index in [9.17, 15) is 13.2 Å². The van der Waals surface area contributed by atoms with E-state index in [0.29, 0.717) is 23.6 Å². The van der Waals surface area contributed by atoms with Gasteiger partial charge >= 0.3 is 0 Å². The number of anilines is 1. The number of sulfonamides is 1. The third-order valence-corrected chi connectivity index (χ3v) is 6.97. The normalized spacial score (nSPS) is 14.9. The number of aliphatic hydroxyl groups excluding tert-OH is 1. The number of amides is 1. The summed E-state index contributed by atoms with van der Waals surface area (Å²) in [6, 6.07) is 14.2. The molecule has 36 heavy (non-hydrogen) atoms. The van der Waals surface area contributed by atoms with E-state index in [-0.39, 0.29) is 35.5 Å². The number of fused-ring (bicyclic) bond motifs is 1. The maximum atomic E-state index is 12.9. The molecule has 1 atom stereocenters. The lowest BCUT2D eigenvalue weighted by Crippen LogP contribution is -2.40. The molecule has 2 aromatic heterocycles. The summed E-state index contributed by atoms with van der Waals surface area (Å²) in [7, 11) is -4.14. The van der Waals surface area contributed by atoms with Gasteiger partial charge in [-0.2, -0.15) is 13.5 Å². The highest BCUT2D eigenvalue weighted by Crippen LogP contribution is 2.32. The zero-order valence-corrected chi connectivity index (χ0v) is 19.7. The number of carbonyl (C=O) groups is 1. The third kappa shape index (κ3) is 4.76. The Morgan fingerprint density at radius 2 is 2.00 bits per heavy atom. The van der Waals surface area contributed by atoms with E-state index in [1.807, 2.05) is 30.3 Å². The van der Waals surface area contributed by atoms with E-state index < -0.39 is 15.9 Å². The van der Waals surface area contributed by atoms with Crippen molar-refractivity contribution in [3.63, 3.8) is 0 Å². The van der Waals surface area contributed by atoms with Crippen LogP contribution in [0.2, 0.25) is 0 Å². The lowest BCUT2D eigenvalue weighted by molar-refractivity contribution is -0.114. The van der Waals surface area contributed by atoms with Crippen LogP contribution in [0.4, 0.5) is 5.69 Å². The number of amidine groups is 1. The van der Waals surface area contributed by atoms with Crippen molar-refractivity contribution in [1.29, 1.82) is 0 Å². The van der Waals surface area contributed by atoms with Gasteiger partial charge in [0, 0.05) is 18.3 Å². The first-order valence-corrected chi connectivity index (χ1v) is 12.5. The maximum Gasteiger partial charge on any atom is 0.287 e. The van der Waals surface area contributed by atoms with Crippen molar-refractivity contribution in [3.8, 4) is 11.1 Å². The summed E-state index contributed by atoms with van der Waals surface area (Å²) in [4.78, 5) is 17.1. The van der Waals surface area contributed by atoms with Gasteiger partial charge in [-0.1, -0.05) is 36.4 Å². The summed E-state index contributed by atoms with van der Waals surface area (Å²) in [5.74, 6) is -0.948. The molecule has 0 bridgehead atoms. The second kappa shape index (κ2) is 9.76. The van der Waals surface area contributed by atoms with Crippen molar-refractivity contribution in [2.75, 3.05) is 18.5 Å². The Bertz CT molecular complexity index is 1510. The van der Waals surface area contributed by atoms with E-state index in [2.05, 4.69) is 25.1 Å². The van der Waals surface area contributed by atoms with Gasteiger partial charge in [-0.3, -0.25) is 9.48 Å². The van der Waals surface area contributed by atoms with Crippen molar-refractivity contribution in [3.05, 3.63) is 84.8 Å². The SMILES string of the molecule is O=C(NCC(c1ccccc1)c1ncco1)C1=NS(=O)(=O)c2cc(-c3cnn(CCO)c3)ccc2N1. The molecule has 2 aromatic carbocycles. The average Bonchev–Trinajstić information content (AvgIpc) is 3.57. The topological polar surface area (TPSA) is 152 Å². The minimum atomic E-state index is -4.14. The lowest BCUT2D eigenvalue weighted by Gasteiger charge is -2.20. The van der Waals surface area contributed by atoms with Crippen LogP contribution >= 0.6 is 0 Å². The van der Waals surface area contributed by atoms with Crippen LogP contribution in [0, 0.1) is 0 Å². The van der Waals surface area contributed by atoms with Gasteiger partial charge in [0.1, 0.15) is 11.2 Å². The molecular weight excluding hydrogens is 484 g/mol. The number of benzene rings is 2. The monoisotopic (exact) mass is 506 g/mol. The van der Waals surface area contributed by atoms with Crippen LogP contribution in [0.15, 0.2) is 87.1 Å². The number of nitrogens with zero attached hydrogens (tertiary/aromatic N) is 4. The van der Waals surface area contributed by atoms with Gasteiger partial charge in [0.25, 0.3) is 15.9 Å². The molecule has 0 saturated carbocycles. The smallest absolute Gasteiger partial charge is 0.287 e. The van der Waals surface area contributed by atoms with Crippen molar-refractivity contribution in [1.82, 2.24) is 20.1 Å². The summed E-state index contributed by atoms with van der Waals surface area (Å²) in [6.07, 6.45) is 6.27. The molecule has 1 unspecified atom stereocenters. The van der Waals surface area contributed by atoms with E-state index in [1.165, 1.54) is 18.5 Å². The number of aromatic nitrogens is 3. The standard InChI is InChI=1S/C24H22N6O5S/c31-10-9-30-15-18(13-27-30)17-6-7-20-21(12-17)36(33,34)29-22(28-20)23(32)26-14-19(24-25-8-11-35-24)16-4-2-1-3-5-16/h1-8,11-13,15,19,31H,9-10,14H2,(H,26,32)(H,28,29). The minimum Gasteiger partial charge on any atom is -0.448 e. The molecule has 5 rings (SSSR count). The zero-order valence-electron chi connectivity index (χ0n) is 18.9. The Labute approximate surface area is 206 Å². The van der Waals surface area contributed by atoms with Gasteiger partial charge in [-0.15, -0.1) is 4.40 Å². The molecule has 3 heterocycles. The molecule has 0 saturated heterocycles. The van der Waals surface area contributed by atoms with Gasteiger partial charge in [-0.25, -0.2) is 4.98 Å². The first-order valence-electron chi connectivity index (χ1n) is 11.1. The molecule has 184 valence electrons. The summed E-state index contributed by atoms with van der Waals surface area (Å²) < 4.78 is 36.6. The fourth-order valence-corrected chi connectivity index (χ4v) is 5.03. The molecule has 0 radical (unpaired) electrons. The highest BCUT2D eigenvalue weighted by atomic mass is 32.2. The zero-order chi connectivity index (χ0) is 25.1. The summed E-state index contributed by atoms with van der Waals surface area (Å²) in [5, 5.41) is 18.8. The largest absolute Gasteiger partial charge is 0.448 e. The Hall–Kier alpha value is -4.29. The van der Waals surface area contributed by atoms with Gasteiger partial charge in [-0.05, 0) is 23.3 Å². The van der Waals surface area contributed by atoms with Gasteiger partial charge < -0.3 is 20.2 Å². The van der Waals surface area contributed by atoms with E-state index >= 15 is 0 Å². The second-order valence-electron chi connectivity index (χ2n) is 8.01. The van der Waals surface area contributed by atoms with Crippen molar-refractivity contribution < 1.29 is 22.7 Å². The van der Waals surface area contributed by atoms with Gasteiger partial charge in [0.05, 0.1) is 37.2 Å². The predicted octanol–water partition coefficient (Wildman–Crippen LogP) is 1.99. The van der Waals surface area contributed by atoms with Gasteiger partial charge in [0.15, 0.2) is 0 Å². The van der Waals surface area contributed by atoms with Crippen molar-refractivity contribution >= 4 is 27.5 Å². The summed E-state index contributed by atoms with van der Waals surface area (Å²) in [6.45, 7) is 0.385. The predicted molar refractivity (Wildman–Crippen MR) is 131 cm³/mol. The third-order valence-electron chi connectivity index (χ3n) is 5.65. The fourth-order valence-electron chi connectivity index (χ4n) is 3.89. The van der Waals surface area contributed by atoms with Crippen LogP contribution in [0.5, 0.6) is 0 Å². The summed E-state index contributed by atoms with van der Waals surface area (Å²) >= 11 is 0. The lowest BCUT2D eigenvalue weighted by atomic mass is 9.99. The molecule has 3 N–H and O–H groups in total. The average molecular weight is 507 g/mol. The van der Waals surface area contributed by atoms with Gasteiger partial charge in [0.2, 0.25) is 11.7 Å². The van der Waals surface area contributed by atoms with Crippen molar-refractivity contribution in [2.24, 2.45) is 4.40 Å². The number of rotatable bonds is 8. The van der Waals surface area contributed by atoms with Crippen LogP contribution in [0.3, 0.4) is 0 Å². The van der Waals surface area contributed by atoms with Crippen LogP contribution < -0.4 is 10.6 Å². The number of oxazole rings is 1. The quantitative estimate of drug-likeness (QED) is 0.328. The Kier molecular flexibility index (Phi) is 6.36. The number of carbonyl (C=O) groups excluding carboxylic acids is 1. The van der Waals surface area contributed by atoms with Crippen molar-refractivity contribution in [2.45, 2.75) is 17.4 Å². The van der Waals surface area contributed by atoms with E-state index in [1.54, 1.807) is 29.2 Å². The molecule has 11 nitrogen and oxygen atoms in total. The minimum absolute atomic E-state index is 0.0478. The first kappa shape index (κ1) is 23.5. The first-order chi connectivity index (χ1) is 17.4. The van der Waals surface area contributed by atoms with Crippen LogP contribution in [0.1, 0.15) is 17.4 Å². The Morgan fingerprint density at radius 3 is 2.75 bits per heavy atom. The molecule has 1 aliphatic heterocycles. The second-order valence-corrected chi connectivity index (χ2v) is 9.58. The van der Waals surface area contributed by atoms with Crippen LogP contribution in [0.25, 0.3) is 11.1 Å². The molecule has 4 aromatic rings. The molecular formula is C24H22N6O5S. The highest BCUT2D eigenvalue weighted by Gasteiger charge is 2.29. The maximum absolute atomic E-state index is 12.9. The molecule has 0 aliphatic carbocycles. The Morgan fingerprint density at radius 1 is 1.17 bits per heavy atom.